The molecule has 1 aliphatic heterocycles. The second kappa shape index (κ2) is 7.28. The van der Waals surface area contributed by atoms with Crippen LogP contribution in [0.25, 0.3) is 6.08 Å². The van der Waals surface area contributed by atoms with Crippen molar-refractivity contribution in [1.29, 1.82) is 0 Å². The molecule has 0 saturated heterocycles. The van der Waals surface area contributed by atoms with Gasteiger partial charge in [0.1, 0.15) is 18.3 Å². The summed E-state index contributed by atoms with van der Waals surface area (Å²) < 4.78 is 6.26. The zero-order chi connectivity index (χ0) is 17.9. The molecule has 0 spiro atoms. The molecule has 0 amide bonds. The van der Waals surface area contributed by atoms with Crippen molar-refractivity contribution in [2.75, 3.05) is 0 Å². The number of hydrogen-bond acceptors (Lipinski definition) is 2. The molecule has 26 heavy (non-hydrogen) atoms. The number of fused-ring (bicyclic) bond motifs is 1. The molecule has 0 aromatic heterocycles. The predicted molar refractivity (Wildman–Crippen MR) is 105 cm³/mol. The van der Waals surface area contributed by atoms with E-state index < -0.39 is 6.10 Å². The second-order valence-corrected chi connectivity index (χ2v) is 6.73. The Bertz CT molecular complexity index is 897. The van der Waals surface area contributed by atoms with Crippen LogP contribution in [0.5, 0.6) is 0 Å². The fourth-order valence-electron chi connectivity index (χ4n) is 3.43. The van der Waals surface area contributed by atoms with Gasteiger partial charge in [-0.2, -0.15) is 0 Å². The van der Waals surface area contributed by atoms with Crippen molar-refractivity contribution in [2.24, 2.45) is 0 Å². The van der Waals surface area contributed by atoms with E-state index in [-0.39, 0.29) is 12.2 Å². The van der Waals surface area contributed by atoms with Crippen molar-refractivity contribution in [3.63, 3.8) is 0 Å². The van der Waals surface area contributed by atoms with Gasteiger partial charge in [-0.3, -0.25) is 0 Å². The van der Waals surface area contributed by atoms with Crippen LogP contribution in [0.1, 0.15) is 46.1 Å². The summed E-state index contributed by atoms with van der Waals surface area (Å²) >= 11 is 0. The molecule has 0 saturated carbocycles. The Morgan fingerprint density at radius 2 is 1.50 bits per heavy atom. The average molecular weight is 342 g/mol. The number of hydrogen-bond donors (Lipinski definition) is 1. The summed E-state index contributed by atoms with van der Waals surface area (Å²) in [5.41, 5.74) is 5.37. The number of aliphatic hydroxyl groups excluding tert-OH is 1. The highest BCUT2D eigenvalue weighted by molar-refractivity contribution is 5.51. The zero-order valence-corrected chi connectivity index (χ0v) is 14.7. The highest BCUT2D eigenvalue weighted by atomic mass is 16.5. The lowest BCUT2D eigenvalue weighted by atomic mass is 9.95. The minimum atomic E-state index is -0.688. The molecule has 3 aromatic rings. The van der Waals surface area contributed by atoms with Gasteiger partial charge in [0.05, 0.1) is 0 Å². The first-order valence-corrected chi connectivity index (χ1v) is 8.94. The van der Waals surface area contributed by atoms with Crippen molar-refractivity contribution in [3.05, 3.63) is 113 Å². The van der Waals surface area contributed by atoms with Gasteiger partial charge >= 0.3 is 0 Å². The third-order valence-corrected chi connectivity index (χ3v) is 4.87. The lowest BCUT2D eigenvalue weighted by Crippen LogP contribution is -2.10. The molecular weight excluding hydrogens is 320 g/mol. The maximum atomic E-state index is 10.9. The van der Waals surface area contributed by atoms with E-state index in [1.807, 2.05) is 67.6 Å². The summed E-state index contributed by atoms with van der Waals surface area (Å²) in [7, 11) is 0. The number of aliphatic hydroxyl groups is 1. The first-order chi connectivity index (χ1) is 12.7. The topological polar surface area (TPSA) is 29.5 Å². The summed E-state index contributed by atoms with van der Waals surface area (Å²) in [4.78, 5) is 0. The zero-order valence-electron chi connectivity index (χ0n) is 14.7. The van der Waals surface area contributed by atoms with Gasteiger partial charge in [0.25, 0.3) is 0 Å². The van der Waals surface area contributed by atoms with Crippen LogP contribution in [0.4, 0.5) is 0 Å². The minimum Gasteiger partial charge on any atom is -0.385 e. The highest BCUT2D eigenvalue weighted by Gasteiger charge is 2.35. The van der Waals surface area contributed by atoms with Crippen LogP contribution < -0.4 is 0 Å². The fourth-order valence-corrected chi connectivity index (χ4v) is 3.43. The first-order valence-electron chi connectivity index (χ1n) is 8.94. The third kappa shape index (κ3) is 3.34. The fraction of sp³-hybridized carbons (Fsp3) is 0.167. The molecule has 0 fully saturated rings. The summed E-state index contributed by atoms with van der Waals surface area (Å²) in [5.74, 6) is 0. The molecule has 0 radical (unpaired) electrons. The average Bonchev–Trinajstić information content (AvgIpc) is 3.06. The molecule has 130 valence electrons. The molecular formula is C24H22O2. The smallest absolute Gasteiger partial charge is 0.114 e. The maximum absolute atomic E-state index is 10.9. The monoisotopic (exact) mass is 342 g/mol. The standard InChI is InChI=1S/C24H22O2/c1-17-11-14-19(15-12-17)23(25)24-21-10-6-5-9-20(21)22(26-24)16-13-18-7-3-2-4-8-18/h2-16,22-25H,1H3/b16-13+/t22-,23-,24+/m1/s1. The Hall–Kier alpha value is -2.68. The van der Waals surface area contributed by atoms with Crippen LogP contribution in [0.2, 0.25) is 0 Å². The summed E-state index contributed by atoms with van der Waals surface area (Å²) in [6.07, 6.45) is 2.93. The molecule has 3 aromatic carbocycles. The van der Waals surface area contributed by atoms with Gasteiger partial charge in [-0.15, -0.1) is 0 Å². The van der Waals surface area contributed by atoms with E-state index in [0.29, 0.717) is 0 Å². The Morgan fingerprint density at radius 3 is 2.23 bits per heavy atom. The quantitative estimate of drug-likeness (QED) is 0.673. The van der Waals surface area contributed by atoms with Crippen LogP contribution in [0, 0.1) is 6.92 Å². The summed E-state index contributed by atoms with van der Waals surface area (Å²) in [5, 5.41) is 10.9. The SMILES string of the molecule is Cc1ccc([C@@H](O)[C@H]2O[C@H](/C=C/c3ccccc3)c3ccccc32)cc1. The molecule has 1 aliphatic rings. The van der Waals surface area contributed by atoms with E-state index in [1.54, 1.807) is 0 Å². The Labute approximate surface area is 154 Å². The lowest BCUT2D eigenvalue weighted by molar-refractivity contribution is -0.0469. The van der Waals surface area contributed by atoms with E-state index in [0.717, 1.165) is 22.3 Å². The summed E-state index contributed by atoms with van der Waals surface area (Å²) in [6.45, 7) is 2.04. The van der Waals surface area contributed by atoms with Gasteiger partial charge in [0, 0.05) is 0 Å². The number of benzene rings is 3. The number of rotatable bonds is 4. The Kier molecular flexibility index (Phi) is 4.70. The van der Waals surface area contributed by atoms with Gasteiger partial charge in [0.2, 0.25) is 0 Å². The molecule has 1 heterocycles. The molecule has 4 rings (SSSR count). The van der Waals surface area contributed by atoms with Crippen molar-refractivity contribution < 1.29 is 9.84 Å². The molecule has 2 heteroatoms. The van der Waals surface area contributed by atoms with Crippen molar-refractivity contribution in [2.45, 2.75) is 25.2 Å². The van der Waals surface area contributed by atoms with Crippen LogP contribution in [-0.2, 0) is 4.74 Å². The minimum absolute atomic E-state index is 0.156. The van der Waals surface area contributed by atoms with E-state index in [4.69, 9.17) is 4.74 Å². The van der Waals surface area contributed by atoms with Gasteiger partial charge in [-0.25, -0.2) is 0 Å². The van der Waals surface area contributed by atoms with Gasteiger partial charge in [-0.1, -0.05) is 96.6 Å². The van der Waals surface area contributed by atoms with E-state index in [1.165, 1.54) is 5.56 Å². The van der Waals surface area contributed by atoms with E-state index in [2.05, 4.69) is 30.4 Å². The predicted octanol–water partition coefficient (Wildman–Crippen LogP) is 5.55. The Morgan fingerprint density at radius 1 is 0.846 bits per heavy atom. The van der Waals surface area contributed by atoms with E-state index in [9.17, 15) is 5.11 Å². The molecule has 2 nitrogen and oxygen atoms in total. The van der Waals surface area contributed by atoms with Gasteiger partial charge in [0.15, 0.2) is 0 Å². The molecule has 3 atom stereocenters. The largest absolute Gasteiger partial charge is 0.385 e. The second-order valence-electron chi connectivity index (χ2n) is 6.73. The maximum Gasteiger partial charge on any atom is 0.114 e. The van der Waals surface area contributed by atoms with Crippen molar-refractivity contribution >= 4 is 6.08 Å². The first kappa shape index (κ1) is 16.8. The molecule has 1 N–H and O–H groups in total. The molecule has 0 aliphatic carbocycles. The number of aryl methyl sites for hydroxylation is 1. The highest BCUT2D eigenvalue weighted by Crippen LogP contribution is 2.45. The van der Waals surface area contributed by atoms with Crippen LogP contribution >= 0.6 is 0 Å². The normalized spacial score (nSPS) is 20.2. The van der Waals surface area contributed by atoms with Crippen LogP contribution in [0.3, 0.4) is 0 Å². The Balaban J connectivity index is 1.62. The third-order valence-electron chi connectivity index (χ3n) is 4.87. The van der Waals surface area contributed by atoms with Crippen LogP contribution in [-0.4, -0.2) is 5.11 Å². The van der Waals surface area contributed by atoms with E-state index >= 15 is 0 Å². The number of ether oxygens (including phenoxy) is 1. The lowest BCUT2D eigenvalue weighted by Gasteiger charge is -2.20. The van der Waals surface area contributed by atoms with Gasteiger partial charge in [-0.05, 0) is 29.2 Å². The van der Waals surface area contributed by atoms with Crippen molar-refractivity contribution in [3.8, 4) is 0 Å². The molecule has 0 bridgehead atoms. The molecule has 0 unspecified atom stereocenters. The van der Waals surface area contributed by atoms with Crippen molar-refractivity contribution in [1.82, 2.24) is 0 Å². The van der Waals surface area contributed by atoms with Crippen LogP contribution in [0.15, 0.2) is 84.9 Å². The van der Waals surface area contributed by atoms with Gasteiger partial charge < -0.3 is 9.84 Å². The summed E-state index contributed by atoms with van der Waals surface area (Å²) in [6, 6.07) is 26.3.